The molecular formula is C22H25N3O4. The fraction of sp³-hybridized carbons (Fsp3) is 0.273. The highest BCUT2D eigenvalue weighted by molar-refractivity contribution is 5.92. The second-order valence-electron chi connectivity index (χ2n) is 6.92. The fourth-order valence-corrected chi connectivity index (χ4v) is 3.00. The number of likely N-dealkylation sites (N-methyl/N-ethyl adjacent to an activating group) is 1. The Morgan fingerprint density at radius 3 is 2.45 bits per heavy atom. The molecule has 0 aliphatic carbocycles. The molecule has 1 heterocycles. The van der Waals surface area contributed by atoms with Crippen molar-refractivity contribution in [3.63, 3.8) is 0 Å². The average molecular weight is 395 g/mol. The summed E-state index contributed by atoms with van der Waals surface area (Å²) in [5.74, 6) is 1.03. The smallest absolute Gasteiger partial charge is 0.238 e. The molecular weight excluding hydrogens is 370 g/mol. The van der Waals surface area contributed by atoms with Crippen LogP contribution < -0.4 is 15.4 Å². The zero-order valence-corrected chi connectivity index (χ0v) is 16.8. The summed E-state index contributed by atoms with van der Waals surface area (Å²) in [6.07, 6.45) is 0. The number of carbonyl (C=O) groups excluding carboxylic acids is 2. The van der Waals surface area contributed by atoms with Gasteiger partial charge in [0.05, 0.1) is 26.2 Å². The van der Waals surface area contributed by atoms with E-state index in [9.17, 15) is 9.59 Å². The van der Waals surface area contributed by atoms with E-state index >= 15 is 0 Å². The molecule has 1 atom stereocenters. The Morgan fingerprint density at radius 1 is 1.07 bits per heavy atom. The Morgan fingerprint density at radius 2 is 1.76 bits per heavy atom. The molecule has 2 amide bonds. The van der Waals surface area contributed by atoms with Crippen LogP contribution >= 0.6 is 0 Å². The van der Waals surface area contributed by atoms with E-state index in [1.54, 1.807) is 43.3 Å². The number of carbonyl (C=O) groups is 2. The first-order valence-electron chi connectivity index (χ1n) is 9.35. The number of hydrogen-bond acceptors (Lipinski definition) is 5. The molecule has 3 aromatic rings. The Bertz CT molecular complexity index is 948. The van der Waals surface area contributed by atoms with Crippen LogP contribution in [0.5, 0.6) is 5.75 Å². The predicted molar refractivity (Wildman–Crippen MR) is 112 cm³/mol. The van der Waals surface area contributed by atoms with Gasteiger partial charge in [-0.3, -0.25) is 14.5 Å². The zero-order valence-electron chi connectivity index (χ0n) is 16.8. The highest BCUT2D eigenvalue weighted by atomic mass is 16.5. The second-order valence-corrected chi connectivity index (χ2v) is 6.92. The van der Waals surface area contributed by atoms with E-state index in [2.05, 4.69) is 10.6 Å². The van der Waals surface area contributed by atoms with Crippen molar-refractivity contribution in [1.29, 1.82) is 0 Å². The van der Waals surface area contributed by atoms with Crippen molar-refractivity contribution >= 4 is 28.5 Å². The van der Waals surface area contributed by atoms with E-state index in [1.165, 1.54) is 0 Å². The van der Waals surface area contributed by atoms with Gasteiger partial charge in [0.1, 0.15) is 17.1 Å². The molecule has 152 valence electrons. The van der Waals surface area contributed by atoms with Crippen molar-refractivity contribution in [2.45, 2.75) is 13.0 Å². The van der Waals surface area contributed by atoms with Crippen LogP contribution in [0.3, 0.4) is 0 Å². The predicted octanol–water partition coefficient (Wildman–Crippen LogP) is 3.19. The third-order valence-corrected chi connectivity index (χ3v) is 4.45. The molecule has 0 bridgehead atoms. The first-order chi connectivity index (χ1) is 13.9. The van der Waals surface area contributed by atoms with Crippen LogP contribution in [-0.4, -0.2) is 44.0 Å². The maximum atomic E-state index is 12.3. The number of rotatable bonds is 8. The summed E-state index contributed by atoms with van der Waals surface area (Å²) in [4.78, 5) is 26.1. The van der Waals surface area contributed by atoms with Crippen LogP contribution in [0.2, 0.25) is 0 Å². The van der Waals surface area contributed by atoms with Gasteiger partial charge in [-0.2, -0.15) is 0 Å². The Kier molecular flexibility index (Phi) is 6.51. The van der Waals surface area contributed by atoms with Gasteiger partial charge in [-0.05, 0) is 50.4 Å². The molecule has 0 saturated heterocycles. The largest absolute Gasteiger partial charge is 0.497 e. The standard InChI is InChI=1S/C22H25N3O4/c1-15(20-12-16-6-4-5-7-19(16)29-20)23-21(26)13-25(2)14-22(27)24-17-8-10-18(28-3)11-9-17/h4-12,15H,13-14H2,1-3H3,(H,23,26)(H,24,27). The molecule has 1 unspecified atom stereocenters. The maximum Gasteiger partial charge on any atom is 0.238 e. The third-order valence-electron chi connectivity index (χ3n) is 4.45. The van der Waals surface area contributed by atoms with Crippen LogP contribution in [-0.2, 0) is 9.59 Å². The second kappa shape index (κ2) is 9.25. The van der Waals surface area contributed by atoms with Gasteiger partial charge in [-0.15, -0.1) is 0 Å². The van der Waals surface area contributed by atoms with Crippen molar-refractivity contribution in [1.82, 2.24) is 10.2 Å². The number of methoxy groups -OCH3 is 1. The van der Waals surface area contributed by atoms with Gasteiger partial charge in [0.25, 0.3) is 0 Å². The van der Waals surface area contributed by atoms with E-state index < -0.39 is 0 Å². The maximum absolute atomic E-state index is 12.3. The number of benzene rings is 2. The number of nitrogens with zero attached hydrogens (tertiary/aromatic N) is 1. The van der Waals surface area contributed by atoms with Gasteiger partial charge in [0.2, 0.25) is 11.8 Å². The third kappa shape index (κ3) is 5.58. The fourth-order valence-electron chi connectivity index (χ4n) is 3.00. The minimum absolute atomic E-state index is 0.0957. The Balaban J connectivity index is 1.47. The van der Waals surface area contributed by atoms with Gasteiger partial charge in [-0.25, -0.2) is 0 Å². The lowest BCUT2D eigenvalue weighted by atomic mass is 10.2. The summed E-state index contributed by atoms with van der Waals surface area (Å²) >= 11 is 0. The molecule has 0 radical (unpaired) electrons. The first kappa shape index (κ1) is 20.4. The van der Waals surface area contributed by atoms with Gasteiger partial charge in [-0.1, -0.05) is 18.2 Å². The van der Waals surface area contributed by atoms with Gasteiger partial charge < -0.3 is 19.8 Å². The number of amides is 2. The van der Waals surface area contributed by atoms with Gasteiger partial charge >= 0.3 is 0 Å². The minimum atomic E-state index is -0.267. The van der Waals surface area contributed by atoms with Crippen molar-refractivity contribution in [3.05, 3.63) is 60.4 Å². The van der Waals surface area contributed by atoms with Crippen LogP contribution in [0.15, 0.2) is 59.0 Å². The molecule has 2 aromatic carbocycles. The van der Waals surface area contributed by atoms with E-state index in [4.69, 9.17) is 9.15 Å². The van der Waals surface area contributed by atoms with Crippen molar-refractivity contribution in [2.24, 2.45) is 0 Å². The number of fused-ring (bicyclic) bond motifs is 1. The molecule has 0 saturated carbocycles. The topological polar surface area (TPSA) is 83.8 Å². The lowest BCUT2D eigenvalue weighted by Crippen LogP contribution is -2.39. The summed E-state index contributed by atoms with van der Waals surface area (Å²) in [7, 11) is 3.31. The lowest BCUT2D eigenvalue weighted by molar-refractivity contribution is -0.123. The first-order valence-corrected chi connectivity index (χ1v) is 9.35. The number of hydrogen-bond donors (Lipinski definition) is 2. The van der Waals surface area contributed by atoms with Gasteiger partial charge in [0.15, 0.2) is 0 Å². The summed E-state index contributed by atoms with van der Waals surface area (Å²) in [6.45, 7) is 2.06. The van der Waals surface area contributed by atoms with Crippen molar-refractivity contribution < 1.29 is 18.7 Å². The lowest BCUT2D eigenvalue weighted by Gasteiger charge is -2.18. The molecule has 3 rings (SSSR count). The number of para-hydroxylation sites is 1. The number of nitrogens with one attached hydrogen (secondary N) is 2. The highest BCUT2D eigenvalue weighted by Crippen LogP contribution is 2.23. The molecule has 1 aromatic heterocycles. The quantitative estimate of drug-likeness (QED) is 0.612. The Hall–Kier alpha value is -3.32. The number of ether oxygens (including phenoxy) is 1. The van der Waals surface area contributed by atoms with Crippen LogP contribution in [0.25, 0.3) is 11.0 Å². The molecule has 0 aliphatic rings. The number of anilines is 1. The molecule has 0 aliphatic heterocycles. The molecule has 7 nitrogen and oxygen atoms in total. The monoisotopic (exact) mass is 395 g/mol. The van der Waals surface area contributed by atoms with Crippen molar-refractivity contribution in [3.8, 4) is 5.75 Å². The van der Waals surface area contributed by atoms with Crippen LogP contribution in [0, 0.1) is 0 Å². The summed E-state index contributed by atoms with van der Waals surface area (Å²) in [5, 5.41) is 6.70. The Labute approximate surface area is 169 Å². The van der Waals surface area contributed by atoms with Crippen LogP contribution in [0.1, 0.15) is 18.7 Å². The average Bonchev–Trinajstić information content (AvgIpc) is 3.12. The molecule has 29 heavy (non-hydrogen) atoms. The summed E-state index contributed by atoms with van der Waals surface area (Å²) in [5.41, 5.74) is 1.46. The van der Waals surface area contributed by atoms with E-state index in [1.807, 2.05) is 37.3 Å². The molecule has 7 heteroatoms. The van der Waals surface area contributed by atoms with E-state index in [-0.39, 0.29) is 30.9 Å². The normalized spacial score (nSPS) is 12.0. The van der Waals surface area contributed by atoms with Crippen molar-refractivity contribution in [2.75, 3.05) is 32.6 Å². The zero-order chi connectivity index (χ0) is 20.8. The van der Waals surface area contributed by atoms with E-state index in [0.717, 1.165) is 16.7 Å². The molecule has 0 spiro atoms. The number of furan rings is 1. The molecule has 2 N–H and O–H groups in total. The van der Waals surface area contributed by atoms with Gasteiger partial charge in [0, 0.05) is 11.1 Å². The summed E-state index contributed by atoms with van der Waals surface area (Å²) < 4.78 is 10.9. The van der Waals surface area contributed by atoms with E-state index in [0.29, 0.717) is 11.4 Å². The minimum Gasteiger partial charge on any atom is -0.497 e. The summed E-state index contributed by atoms with van der Waals surface area (Å²) in [6, 6.07) is 16.4. The van der Waals surface area contributed by atoms with Crippen LogP contribution in [0.4, 0.5) is 5.69 Å². The SMILES string of the molecule is COc1ccc(NC(=O)CN(C)CC(=O)NC(C)c2cc3ccccc3o2)cc1. The highest BCUT2D eigenvalue weighted by Gasteiger charge is 2.16. The molecule has 0 fully saturated rings.